The van der Waals surface area contributed by atoms with E-state index in [-0.39, 0.29) is 24.3 Å². The van der Waals surface area contributed by atoms with Crippen LogP contribution < -0.4 is 4.74 Å². The maximum absolute atomic E-state index is 11.8. The third-order valence-electron chi connectivity index (χ3n) is 3.90. The second-order valence-electron chi connectivity index (χ2n) is 5.36. The lowest BCUT2D eigenvalue weighted by atomic mass is 9.94. The normalized spacial score (nSPS) is 13.2. The number of rotatable bonds is 7. The van der Waals surface area contributed by atoms with Crippen LogP contribution >= 0.6 is 0 Å². The maximum Gasteiger partial charge on any atom is 0.342 e. The molecule has 0 spiro atoms. The van der Waals surface area contributed by atoms with Crippen molar-refractivity contribution in [2.24, 2.45) is 0 Å². The monoisotopic (exact) mass is 320 g/mol. The van der Waals surface area contributed by atoms with Gasteiger partial charge in [-0.15, -0.1) is 0 Å². The van der Waals surface area contributed by atoms with E-state index in [2.05, 4.69) is 0 Å². The van der Waals surface area contributed by atoms with Crippen molar-refractivity contribution < 1.29 is 29.3 Å². The number of carboxylic acids is 1. The van der Waals surface area contributed by atoms with Gasteiger partial charge in [-0.25, -0.2) is 4.79 Å². The molecule has 0 amide bonds. The lowest BCUT2D eigenvalue weighted by Crippen LogP contribution is -2.03. The second-order valence-corrected chi connectivity index (χ2v) is 5.36. The number of aliphatic carboxylic acids is 1. The molecule has 124 valence electrons. The highest BCUT2D eigenvalue weighted by atomic mass is 16.5. The van der Waals surface area contributed by atoms with E-state index in [1.807, 2.05) is 13.0 Å². The standard InChI is InChI=1S/C17H20O6/c1-10-12-9-23-17(21)14(12)15(20)11(16(10)22-2)7-5-3-4-6-8-13(18)19/h3-4,20H,5-9H2,1-2H3,(H,18,19)/b4-3+. The van der Waals surface area contributed by atoms with E-state index in [0.29, 0.717) is 36.1 Å². The Balaban J connectivity index is 2.18. The van der Waals surface area contributed by atoms with Crippen LogP contribution in [-0.2, 0) is 22.6 Å². The van der Waals surface area contributed by atoms with Gasteiger partial charge in [0.2, 0.25) is 0 Å². The number of carbonyl (C=O) groups is 2. The summed E-state index contributed by atoms with van der Waals surface area (Å²) in [6.45, 7) is 1.99. The summed E-state index contributed by atoms with van der Waals surface area (Å²) in [5.41, 5.74) is 2.28. The first-order chi connectivity index (χ1) is 11.0. The minimum atomic E-state index is -0.832. The van der Waals surface area contributed by atoms with Crippen LogP contribution in [-0.4, -0.2) is 29.3 Å². The molecule has 0 saturated carbocycles. The number of carbonyl (C=O) groups excluding carboxylic acids is 1. The first-order valence-electron chi connectivity index (χ1n) is 7.42. The Morgan fingerprint density at radius 2 is 2.04 bits per heavy atom. The lowest BCUT2D eigenvalue weighted by Gasteiger charge is -2.15. The van der Waals surface area contributed by atoms with Crippen LogP contribution in [0.1, 0.15) is 46.3 Å². The topological polar surface area (TPSA) is 93.1 Å². The Hall–Kier alpha value is -2.50. The van der Waals surface area contributed by atoms with E-state index in [9.17, 15) is 14.7 Å². The summed E-state index contributed by atoms with van der Waals surface area (Å²) in [6, 6.07) is 0. The predicted octanol–water partition coefficient (Wildman–Crippen LogP) is 2.73. The van der Waals surface area contributed by atoms with Gasteiger partial charge in [0.05, 0.1) is 7.11 Å². The fourth-order valence-corrected chi connectivity index (χ4v) is 2.74. The Morgan fingerprint density at radius 3 is 2.70 bits per heavy atom. The largest absolute Gasteiger partial charge is 0.507 e. The molecular weight excluding hydrogens is 300 g/mol. The molecule has 2 rings (SSSR count). The number of cyclic esters (lactones) is 1. The number of benzene rings is 1. The third kappa shape index (κ3) is 3.47. The van der Waals surface area contributed by atoms with Crippen LogP contribution in [0.2, 0.25) is 0 Å². The van der Waals surface area contributed by atoms with Crippen molar-refractivity contribution in [1.82, 2.24) is 0 Å². The number of fused-ring (bicyclic) bond motifs is 1. The number of phenolic OH excluding ortho intramolecular Hbond substituents is 1. The molecule has 0 aliphatic carbocycles. The number of hydrogen-bond donors (Lipinski definition) is 2. The van der Waals surface area contributed by atoms with Gasteiger partial charge in [-0.1, -0.05) is 12.2 Å². The SMILES string of the molecule is COc1c(C)c2c(c(O)c1CC/C=C/CCC(=O)O)C(=O)OC2. The lowest BCUT2D eigenvalue weighted by molar-refractivity contribution is -0.136. The molecule has 0 aromatic heterocycles. The van der Waals surface area contributed by atoms with Gasteiger partial charge in [-0.3, -0.25) is 4.79 Å². The average molecular weight is 320 g/mol. The van der Waals surface area contributed by atoms with Gasteiger partial charge in [0, 0.05) is 17.5 Å². The van der Waals surface area contributed by atoms with E-state index >= 15 is 0 Å². The van der Waals surface area contributed by atoms with Crippen LogP contribution in [0, 0.1) is 6.92 Å². The molecule has 1 heterocycles. The van der Waals surface area contributed by atoms with Crippen molar-refractivity contribution in [3.05, 3.63) is 34.4 Å². The zero-order chi connectivity index (χ0) is 17.0. The highest BCUT2D eigenvalue weighted by Gasteiger charge is 2.31. The molecule has 0 radical (unpaired) electrons. The molecule has 1 aliphatic rings. The molecule has 23 heavy (non-hydrogen) atoms. The first-order valence-corrected chi connectivity index (χ1v) is 7.42. The molecule has 1 aliphatic heterocycles. The van der Waals surface area contributed by atoms with Gasteiger partial charge in [-0.05, 0) is 31.7 Å². The summed E-state index contributed by atoms with van der Waals surface area (Å²) in [4.78, 5) is 22.2. The number of methoxy groups -OCH3 is 1. The Morgan fingerprint density at radius 1 is 1.35 bits per heavy atom. The molecule has 1 aromatic rings. The molecule has 0 bridgehead atoms. The van der Waals surface area contributed by atoms with E-state index in [1.54, 1.807) is 6.08 Å². The van der Waals surface area contributed by atoms with Crippen molar-refractivity contribution in [2.75, 3.05) is 7.11 Å². The first kappa shape index (κ1) is 16.9. The van der Waals surface area contributed by atoms with E-state index in [1.165, 1.54) is 7.11 Å². The number of ether oxygens (including phenoxy) is 2. The van der Waals surface area contributed by atoms with E-state index in [0.717, 1.165) is 5.56 Å². The van der Waals surface area contributed by atoms with E-state index in [4.69, 9.17) is 14.6 Å². The minimum absolute atomic E-state index is 0.0797. The third-order valence-corrected chi connectivity index (χ3v) is 3.90. The summed E-state index contributed by atoms with van der Waals surface area (Å²) in [5.74, 6) is -0.856. The van der Waals surface area contributed by atoms with Crippen molar-refractivity contribution in [2.45, 2.75) is 39.2 Å². The number of aromatic hydroxyl groups is 1. The van der Waals surface area contributed by atoms with Crippen LogP contribution in [0.15, 0.2) is 12.2 Å². The fraction of sp³-hybridized carbons (Fsp3) is 0.412. The number of phenols is 1. The summed E-state index contributed by atoms with van der Waals surface area (Å²) in [6.07, 6.45) is 5.31. The number of hydrogen-bond acceptors (Lipinski definition) is 5. The number of esters is 1. The van der Waals surface area contributed by atoms with Crippen molar-refractivity contribution >= 4 is 11.9 Å². The molecule has 0 atom stereocenters. The average Bonchev–Trinajstić information content (AvgIpc) is 2.89. The molecule has 2 N–H and O–H groups in total. The smallest absolute Gasteiger partial charge is 0.342 e. The van der Waals surface area contributed by atoms with Gasteiger partial charge >= 0.3 is 11.9 Å². The molecule has 0 saturated heterocycles. The second kappa shape index (κ2) is 7.17. The highest BCUT2D eigenvalue weighted by Crippen LogP contribution is 2.42. The van der Waals surface area contributed by atoms with Gasteiger partial charge < -0.3 is 19.7 Å². The maximum atomic E-state index is 11.8. The summed E-state index contributed by atoms with van der Waals surface area (Å²) >= 11 is 0. The Labute approximate surface area is 134 Å². The molecular formula is C17H20O6. The van der Waals surface area contributed by atoms with E-state index < -0.39 is 11.9 Å². The fourth-order valence-electron chi connectivity index (χ4n) is 2.74. The molecule has 6 nitrogen and oxygen atoms in total. The van der Waals surface area contributed by atoms with Crippen LogP contribution in [0.5, 0.6) is 11.5 Å². The summed E-state index contributed by atoms with van der Waals surface area (Å²) in [7, 11) is 1.53. The van der Waals surface area contributed by atoms with Crippen LogP contribution in [0.25, 0.3) is 0 Å². The number of allylic oxidation sites excluding steroid dienone is 2. The molecule has 1 aromatic carbocycles. The van der Waals surface area contributed by atoms with Crippen LogP contribution in [0.3, 0.4) is 0 Å². The summed E-state index contributed by atoms with van der Waals surface area (Å²) < 4.78 is 10.4. The minimum Gasteiger partial charge on any atom is -0.507 e. The van der Waals surface area contributed by atoms with Gasteiger partial charge in [-0.2, -0.15) is 0 Å². The Kier molecular flexibility index (Phi) is 5.26. The molecule has 0 fully saturated rings. The van der Waals surface area contributed by atoms with Gasteiger partial charge in [0.15, 0.2) is 0 Å². The van der Waals surface area contributed by atoms with Crippen molar-refractivity contribution in [3.63, 3.8) is 0 Å². The molecule has 6 heteroatoms. The predicted molar refractivity (Wildman–Crippen MR) is 82.8 cm³/mol. The van der Waals surface area contributed by atoms with Crippen molar-refractivity contribution in [1.29, 1.82) is 0 Å². The van der Waals surface area contributed by atoms with Gasteiger partial charge in [0.25, 0.3) is 0 Å². The zero-order valence-corrected chi connectivity index (χ0v) is 13.2. The Bertz CT molecular complexity index is 660. The zero-order valence-electron chi connectivity index (χ0n) is 13.2. The van der Waals surface area contributed by atoms with Gasteiger partial charge in [0.1, 0.15) is 23.7 Å². The quantitative estimate of drug-likeness (QED) is 0.593. The van der Waals surface area contributed by atoms with Crippen molar-refractivity contribution in [3.8, 4) is 11.5 Å². The molecule has 0 unspecified atom stereocenters. The number of carboxylic acid groups (broad SMARTS) is 1. The highest BCUT2D eigenvalue weighted by molar-refractivity contribution is 5.98. The summed E-state index contributed by atoms with van der Waals surface area (Å²) in [5, 5.41) is 19.0. The van der Waals surface area contributed by atoms with Crippen LogP contribution in [0.4, 0.5) is 0 Å².